The van der Waals surface area contributed by atoms with Gasteiger partial charge in [0.1, 0.15) is 5.75 Å². The van der Waals surface area contributed by atoms with Crippen LogP contribution in [0.4, 0.5) is 5.69 Å². The van der Waals surface area contributed by atoms with Crippen molar-refractivity contribution in [2.45, 2.75) is 25.9 Å². The Kier molecular flexibility index (Phi) is 6.62. The highest BCUT2D eigenvalue weighted by atomic mass is 35.5. The number of carboxylic acid groups (broad SMARTS) is 1. The number of aromatic nitrogens is 2. The number of aromatic carboxylic acids is 1. The first kappa shape index (κ1) is 24.8. The van der Waals surface area contributed by atoms with Crippen molar-refractivity contribution < 1.29 is 14.6 Å². The van der Waals surface area contributed by atoms with Crippen molar-refractivity contribution in [3.8, 4) is 11.4 Å². The molecule has 0 spiro atoms. The molecule has 2 atom stereocenters. The molecule has 9 heteroatoms. The van der Waals surface area contributed by atoms with Crippen LogP contribution in [0, 0.1) is 13.8 Å². The van der Waals surface area contributed by atoms with Crippen molar-refractivity contribution in [2.75, 3.05) is 12.0 Å². The smallest absolute Gasteiger partial charge is 0.335 e. The summed E-state index contributed by atoms with van der Waals surface area (Å²) in [4.78, 5) is 18.3. The van der Waals surface area contributed by atoms with Crippen LogP contribution in [-0.2, 0) is 0 Å². The number of carboxylic acids is 1. The van der Waals surface area contributed by atoms with Crippen LogP contribution in [0.15, 0.2) is 72.9 Å². The van der Waals surface area contributed by atoms with Crippen LogP contribution in [0.25, 0.3) is 5.69 Å². The Balaban J connectivity index is 1.68. The quantitative estimate of drug-likeness (QED) is 0.294. The largest absolute Gasteiger partial charge is 0.495 e. The van der Waals surface area contributed by atoms with E-state index in [1.807, 2.05) is 56.3 Å². The number of hydrogen-bond donors (Lipinski definition) is 2. The van der Waals surface area contributed by atoms with Gasteiger partial charge in [-0.1, -0.05) is 23.7 Å². The third-order valence-electron chi connectivity index (χ3n) is 6.65. The Morgan fingerprint density at radius 2 is 1.89 bits per heavy atom. The van der Waals surface area contributed by atoms with E-state index >= 15 is 0 Å². The van der Waals surface area contributed by atoms with Crippen molar-refractivity contribution in [3.63, 3.8) is 0 Å². The molecule has 2 aromatic carbocycles. The fraction of sp³-hybridized carbons (Fsp3) is 0.179. The molecule has 0 bridgehead atoms. The molecule has 7 nitrogen and oxygen atoms in total. The molecule has 0 unspecified atom stereocenters. The number of halogens is 1. The van der Waals surface area contributed by atoms with Gasteiger partial charge in [0.05, 0.1) is 35.5 Å². The zero-order valence-corrected chi connectivity index (χ0v) is 22.0. The molecule has 4 aromatic rings. The second kappa shape index (κ2) is 9.88. The van der Waals surface area contributed by atoms with E-state index in [9.17, 15) is 9.90 Å². The molecular formula is C28H25ClN4O3S. The normalized spacial score (nSPS) is 17.1. The Morgan fingerprint density at radius 3 is 2.57 bits per heavy atom. The number of benzene rings is 2. The van der Waals surface area contributed by atoms with E-state index in [1.54, 1.807) is 31.5 Å². The molecule has 0 radical (unpaired) electrons. The van der Waals surface area contributed by atoms with Crippen LogP contribution in [0.1, 0.15) is 45.1 Å². The van der Waals surface area contributed by atoms with Gasteiger partial charge in [-0.05, 0) is 86.2 Å². The zero-order valence-electron chi connectivity index (χ0n) is 20.5. The van der Waals surface area contributed by atoms with E-state index in [0.717, 1.165) is 34.0 Å². The first-order valence-corrected chi connectivity index (χ1v) is 12.5. The second-order valence-electron chi connectivity index (χ2n) is 8.83. The Hall–Kier alpha value is -3.88. The summed E-state index contributed by atoms with van der Waals surface area (Å²) in [6.07, 6.45) is 1.77. The first-order valence-electron chi connectivity index (χ1n) is 11.7. The van der Waals surface area contributed by atoms with Gasteiger partial charge in [0.2, 0.25) is 0 Å². The molecule has 188 valence electrons. The maximum absolute atomic E-state index is 11.6. The summed E-state index contributed by atoms with van der Waals surface area (Å²) >= 11 is 12.3. The summed E-state index contributed by atoms with van der Waals surface area (Å²) in [5, 5.41) is 14.0. The molecule has 1 aliphatic heterocycles. The fourth-order valence-corrected chi connectivity index (χ4v) is 5.61. The minimum Gasteiger partial charge on any atom is -0.495 e. The average Bonchev–Trinajstić information content (AvgIpc) is 3.39. The van der Waals surface area contributed by atoms with Gasteiger partial charge in [0.25, 0.3) is 0 Å². The van der Waals surface area contributed by atoms with Crippen molar-refractivity contribution >= 4 is 40.6 Å². The molecule has 37 heavy (non-hydrogen) atoms. The lowest BCUT2D eigenvalue weighted by atomic mass is 9.96. The average molecular weight is 533 g/mol. The summed E-state index contributed by atoms with van der Waals surface area (Å²) in [5.74, 6) is -0.384. The monoisotopic (exact) mass is 532 g/mol. The van der Waals surface area contributed by atoms with Gasteiger partial charge in [0.15, 0.2) is 5.11 Å². The number of thiocarbonyl (C=S) groups is 1. The Bertz CT molecular complexity index is 1500. The molecule has 3 heterocycles. The summed E-state index contributed by atoms with van der Waals surface area (Å²) < 4.78 is 7.42. The van der Waals surface area contributed by atoms with E-state index < -0.39 is 5.97 Å². The second-order valence-corrected chi connectivity index (χ2v) is 9.63. The predicted octanol–water partition coefficient (Wildman–Crippen LogP) is 6.03. The van der Waals surface area contributed by atoms with Gasteiger partial charge >= 0.3 is 5.97 Å². The molecule has 1 fully saturated rings. The standard InChI is InChI=1S/C28H25ClN4O3S/c1-16-13-21(17(2)32(16)19-8-6-7-18(14-19)27(34)35)26-25(23-9-4-5-12-30-23)31-28(37)33(26)20-10-11-24(36-3)22(29)15-20/h4-15,25-26H,1-3H3,(H,31,37)(H,34,35)/t25-,26+/m1/s1. The number of methoxy groups -OCH3 is 1. The number of rotatable bonds is 6. The fourth-order valence-electron chi connectivity index (χ4n) is 5.02. The van der Waals surface area contributed by atoms with Gasteiger partial charge in [-0.25, -0.2) is 4.79 Å². The third kappa shape index (κ3) is 4.43. The van der Waals surface area contributed by atoms with E-state index in [0.29, 0.717) is 15.9 Å². The van der Waals surface area contributed by atoms with E-state index in [2.05, 4.69) is 25.8 Å². The van der Waals surface area contributed by atoms with E-state index in [-0.39, 0.29) is 17.6 Å². The summed E-state index contributed by atoms with van der Waals surface area (Å²) in [6.45, 7) is 4.04. The van der Waals surface area contributed by atoms with E-state index in [4.69, 9.17) is 28.6 Å². The minimum atomic E-state index is -0.965. The molecule has 5 rings (SSSR count). The number of pyridine rings is 1. The van der Waals surface area contributed by atoms with Crippen molar-refractivity contribution in [1.82, 2.24) is 14.9 Å². The summed E-state index contributed by atoms with van der Waals surface area (Å²) in [6, 6.07) is 20.0. The minimum absolute atomic E-state index is 0.228. The predicted molar refractivity (Wildman–Crippen MR) is 148 cm³/mol. The van der Waals surface area contributed by atoms with Crippen molar-refractivity contribution in [2.24, 2.45) is 0 Å². The Morgan fingerprint density at radius 1 is 1.08 bits per heavy atom. The molecule has 2 N–H and O–H groups in total. The molecule has 1 saturated heterocycles. The van der Waals surface area contributed by atoms with Gasteiger partial charge in [-0.3, -0.25) is 4.98 Å². The molecule has 0 aliphatic carbocycles. The number of anilines is 1. The number of carbonyl (C=O) groups is 1. The highest BCUT2D eigenvalue weighted by Gasteiger charge is 2.42. The van der Waals surface area contributed by atoms with Crippen LogP contribution >= 0.6 is 23.8 Å². The molecule has 0 amide bonds. The number of hydrogen-bond acceptors (Lipinski definition) is 4. The number of nitrogens with zero attached hydrogens (tertiary/aromatic N) is 3. The van der Waals surface area contributed by atoms with Crippen LogP contribution < -0.4 is 15.0 Å². The summed E-state index contributed by atoms with van der Waals surface area (Å²) in [7, 11) is 1.58. The number of ether oxygens (including phenoxy) is 1. The molecule has 0 saturated carbocycles. The van der Waals surface area contributed by atoms with Crippen LogP contribution in [-0.4, -0.2) is 32.8 Å². The third-order valence-corrected chi connectivity index (χ3v) is 7.26. The highest BCUT2D eigenvalue weighted by molar-refractivity contribution is 7.80. The van der Waals surface area contributed by atoms with Gasteiger partial charge in [-0.15, -0.1) is 0 Å². The van der Waals surface area contributed by atoms with Crippen LogP contribution in [0.2, 0.25) is 5.02 Å². The Labute approximate surface area is 225 Å². The van der Waals surface area contributed by atoms with Crippen LogP contribution in [0.5, 0.6) is 5.75 Å². The molecular weight excluding hydrogens is 508 g/mol. The maximum atomic E-state index is 11.6. The molecule has 2 aromatic heterocycles. The zero-order chi connectivity index (χ0) is 26.3. The lowest BCUT2D eigenvalue weighted by Crippen LogP contribution is -2.29. The molecule has 1 aliphatic rings. The highest BCUT2D eigenvalue weighted by Crippen LogP contribution is 2.45. The van der Waals surface area contributed by atoms with Crippen molar-refractivity contribution in [3.05, 3.63) is 106 Å². The summed E-state index contributed by atoms with van der Waals surface area (Å²) in [5.41, 5.74) is 5.67. The van der Waals surface area contributed by atoms with Crippen molar-refractivity contribution in [1.29, 1.82) is 0 Å². The number of aryl methyl sites for hydroxylation is 1. The topological polar surface area (TPSA) is 79.6 Å². The van der Waals surface area contributed by atoms with E-state index in [1.165, 1.54) is 0 Å². The lowest BCUT2D eigenvalue weighted by Gasteiger charge is -2.28. The first-order chi connectivity index (χ1) is 17.8. The lowest BCUT2D eigenvalue weighted by molar-refractivity contribution is 0.0697. The van der Waals surface area contributed by atoms with Gasteiger partial charge in [-0.2, -0.15) is 0 Å². The van der Waals surface area contributed by atoms with Gasteiger partial charge < -0.3 is 24.6 Å². The maximum Gasteiger partial charge on any atom is 0.335 e. The number of nitrogens with one attached hydrogen (secondary N) is 1. The SMILES string of the molecule is COc1ccc(N2C(=S)N[C@H](c3ccccn3)[C@@H]2c2cc(C)n(-c3cccc(C(=O)O)c3)c2C)cc1Cl. The van der Waals surface area contributed by atoms with Crippen LogP contribution in [0.3, 0.4) is 0 Å². The van der Waals surface area contributed by atoms with Gasteiger partial charge in [0, 0.05) is 29.0 Å².